The van der Waals surface area contributed by atoms with Gasteiger partial charge >= 0.3 is 0 Å². The number of aromatic amines is 1. The fraction of sp³-hybridized carbons (Fsp3) is 0.615. The van der Waals surface area contributed by atoms with Gasteiger partial charge in [0, 0.05) is 18.5 Å². The van der Waals surface area contributed by atoms with Crippen molar-refractivity contribution in [2.45, 2.75) is 32.1 Å². The van der Waals surface area contributed by atoms with Gasteiger partial charge in [0.2, 0.25) is 11.9 Å². The second kappa shape index (κ2) is 5.00. The van der Waals surface area contributed by atoms with E-state index in [0.717, 1.165) is 36.9 Å². The van der Waals surface area contributed by atoms with Crippen LogP contribution in [0.2, 0.25) is 0 Å². The third-order valence-corrected chi connectivity index (χ3v) is 4.41. The van der Waals surface area contributed by atoms with Crippen LogP contribution in [-0.4, -0.2) is 28.2 Å². The van der Waals surface area contributed by atoms with Crippen molar-refractivity contribution >= 4 is 24.5 Å². The molecule has 1 aliphatic heterocycles. The molecular weight excluding hydrogens is 262 g/mol. The van der Waals surface area contributed by atoms with Crippen molar-refractivity contribution in [2.75, 3.05) is 17.2 Å². The first-order valence-corrected chi connectivity index (χ1v) is 7.35. The van der Waals surface area contributed by atoms with Gasteiger partial charge in [0.25, 0.3) is 5.56 Å². The zero-order valence-electron chi connectivity index (χ0n) is 10.7. The molecule has 19 heavy (non-hydrogen) atoms. The summed E-state index contributed by atoms with van der Waals surface area (Å²) in [6.07, 6.45) is 4.23. The predicted molar refractivity (Wildman–Crippen MR) is 75.8 cm³/mol. The van der Waals surface area contributed by atoms with Crippen molar-refractivity contribution in [3.8, 4) is 0 Å². The number of rotatable bonds is 2. The molecule has 102 valence electrons. The van der Waals surface area contributed by atoms with Gasteiger partial charge in [-0.1, -0.05) is 0 Å². The molecule has 1 saturated heterocycles. The van der Waals surface area contributed by atoms with Crippen LogP contribution in [0.4, 0.5) is 5.95 Å². The van der Waals surface area contributed by atoms with E-state index in [9.17, 15) is 9.59 Å². The number of thiol groups is 1. The number of nitrogens with one attached hydrogen (secondary N) is 1. The van der Waals surface area contributed by atoms with Gasteiger partial charge in [0.15, 0.2) is 0 Å². The summed E-state index contributed by atoms with van der Waals surface area (Å²) in [5.41, 5.74) is 1.58. The molecule has 1 aromatic rings. The van der Waals surface area contributed by atoms with Crippen LogP contribution < -0.4 is 10.5 Å². The van der Waals surface area contributed by atoms with E-state index in [-0.39, 0.29) is 17.4 Å². The molecule has 1 aromatic heterocycles. The molecule has 2 heterocycles. The lowest BCUT2D eigenvalue weighted by molar-refractivity contribution is -0.117. The highest BCUT2D eigenvalue weighted by Crippen LogP contribution is 2.24. The number of carbonyl (C=O) groups is 1. The number of aryl methyl sites for hydroxylation is 1. The van der Waals surface area contributed by atoms with E-state index in [0.29, 0.717) is 24.7 Å². The molecule has 1 aliphatic carbocycles. The van der Waals surface area contributed by atoms with Crippen molar-refractivity contribution < 1.29 is 4.79 Å². The molecule has 0 aromatic carbocycles. The molecule has 0 spiro atoms. The van der Waals surface area contributed by atoms with Gasteiger partial charge in [0.1, 0.15) is 0 Å². The second-order valence-electron chi connectivity index (χ2n) is 5.28. The maximum absolute atomic E-state index is 12.1. The number of anilines is 1. The van der Waals surface area contributed by atoms with Gasteiger partial charge in [-0.2, -0.15) is 12.6 Å². The Kier molecular flexibility index (Phi) is 3.35. The standard InChI is InChI=1S/C13H17N3O2S/c17-11-5-8(7-19)6-16(11)13-14-10-4-2-1-3-9(10)12(18)15-13/h8,19H,1-7H2,(H,14,15,18). The smallest absolute Gasteiger partial charge is 0.255 e. The molecule has 0 radical (unpaired) electrons. The van der Waals surface area contributed by atoms with Crippen molar-refractivity contribution in [2.24, 2.45) is 5.92 Å². The van der Waals surface area contributed by atoms with Crippen LogP contribution in [0.1, 0.15) is 30.5 Å². The van der Waals surface area contributed by atoms with E-state index in [2.05, 4.69) is 22.6 Å². The van der Waals surface area contributed by atoms with Crippen LogP contribution in [0.3, 0.4) is 0 Å². The molecule has 6 heteroatoms. The summed E-state index contributed by atoms with van der Waals surface area (Å²) in [5.74, 6) is 1.37. The Bertz CT molecular complexity index is 569. The lowest BCUT2D eigenvalue weighted by Crippen LogP contribution is -2.31. The Labute approximate surface area is 116 Å². The van der Waals surface area contributed by atoms with Crippen LogP contribution >= 0.6 is 12.6 Å². The minimum atomic E-state index is -0.0816. The average Bonchev–Trinajstić information content (AvgIpc) is 2.80. The number of fused-ring (bicyclic) bond motifs is 1. The molecule has 0 bridgehead atoms. The van der Waals surface area contributed by atoms with E-state index >= 15 is 0 Å². The Hall–Kier alpha value is -1.30. The number of amides is 1. The highest BCUT2D eigenvalue weighted by Gasteiger charge is 2.31. The largest absolute Gasteiger partial charge is 0.292 e. The van der Waals surface area contributed by atoms with Crippen molar-refractivity contribution in [3.05, 3.63) is 21.6 Å². The highest BCUT2D eigenvalue weighted by molar-refractivity contribution is 7.80. The molecule has 0 saturated carbocycles. The first-order valence-electron chi connectivity index (χ1n) is 6.72. The topological polar surface area (TPSA) is 66.1 Å². The first-order chi connectivity index (χ1) is 9.19. The molecule has 1 atom stereocenters. The first kappa shape index (κ1) is 12.7. The van der Waals surface area contributed by atoms with Crippen molar-refractivity contribution in [1.29, 1.82) is 0 Å². The zero-order valence-corrected chi connectivity index (χ0v) is 11.6. The van der Waals surface area contributed by atoms with Crippen LogP contribution in [0, 0.1) is 5.92 Å². The molecule has 1 unspecified atom stereocenters. The van der Waals surface area contributed by atoms with E-state index in [1.54, 1.807) is 4.90 Å². The molecule has 2 aliphatic rings. The number of hydrogen-bond acceptors (Lipinski definition) is 4. The maximum atomic E-state index is 12.1. The average molecular weight is 279 g/mol. The minimum absolute atomic E-state index is 0.0259. The molecule has 3 rings (SSSR count). The van der Waals surface area contributed by atoms with E-state index in [1.165, 1.54) is 0 Å². The second-order valence-corrected chi connectivity index (χ2v) is 5.64. The fourth-order valence-corrected chi connectivity index (χ4v) is 3.07. The summed E-state index contributed by atoms with van der Waals surface area (Å²) in [6.45, 7) is 0.601. The summed E-state index contributed by atoms with van der Waals surface area (Å²) in [6, 6.07) is 0. The van der Waals surface area contributed by atoms with Gasteiger partial charge in [-0.3, -0.25) is 19.5 Å². The Balaban J connectivity index is 1.96. The van der Waals surface area contributed by atoms with E-state index < -0.39 is 0 Å². The van der Waals surface area contributed by atoms with Crippen molar-refractivity contribution in [3.63, 3.8) is 0 Å². The van der Waals surface area contributed by atoms with E-state index in [4.69, 9.17) is 0 Å². The van der Waals surface area contributed by atoms with Crippen LogP contribution in [0.25, 0.3) is 0 Å². The van der Waals surface area contributed by atoms with E-state index in [1.807, 2.05) is 0 Å². The van der Waals surface area contributed by atoms with Crippen LogP contribution in [-0.2, 0) is 17.6 Å². The Morgan fingerprint density at radius 2 is 2.11 bits per heavy atom. The summed E-state index contributed by atoms with van der Waals surface area (Å²) >= 11 is 4.24. The molecule has 1 amide bonds. The summed E-state index contributed by atoms with van der Waals surface area (Å²) < 4.78 is 0. The van der Waals surface area contributed by atoms with Crippen LogP contribution in [0.15, 0.2) is 4.79 Å². The Morgan fingerprint density at radius 1 is 1.32 bits per heavy atom. The van der Waals surface area contributed by atoms with Gasteiger partial charge in [-0.25, -0.2) is 4.98 Å². The number of nitrogens with zero attached hydrogens (tertiary/aromatic N) is 2. The molecular formula is C13H17N3O2S. The van der Waals surface area contributed by atoms with Gasteiger partial charge < -0.3 is 0 Å². The summed E-state index contributed by atoms with van der Waals surface area (Å²) in [5, 5.41) is 0. The van der Waals surface area contributed by atoms with Gasteiger partial charge in [-0.05, 0) is 37.4 Å². The van der Waals surface area contributed by atoms with Gasteiger partial charge in [-0.15, -0.1) is 0 Å². The van der Waals surface area contributed by atoms with Gasteiger partial charge in [0.05, 0.1) is 5.69 Å². The number of H-pyrrole nitrogens is 1. The number of hydrogen-bond donors (Lipinski definition) is 2. The number of carbonyl (C=O) groups excluding carboxylic acids is 1. The lowest BCUT2D eigenvalue weighted by Gasteiger charge is -2.19. The molecule has 5 nitrogen and oxygen atoms in total. The minimum Gasteiger partial charge on any atom is -0.292 e. The van der Waals surface area contributed by atoms with Crippen LogP contribution in [0.5, 0.6) is 0 Å². The molecule has 1 fully saturated rings. The fourth-order valence-electron chi connectivity index (χ4n) is 2.83. The third-order valence-electron chi connectivity index (χ3n) is 3.90. The molecule has 1 N–H and O–H groups in total. The third kappa shape index (κ3) is 2.29. The Morgan fingerprint density at radius 3 is 2.84 bits per heavy atom. The quantitative estimate of drug-likeness (QED) is 0.792. The summed E-state index contributed by atoms with van der Waals surface area (Å²) in [7, 11) is 0. The number of aromatic nitrogens is 2. The maximum Gasteiger partial charge on any atom is 0.255 e. The monoisotopic (exact) mass is 279 g/mol. The lowest BCUT2D eigenvalue weighted by atomic mass is 9.97. The predicted octanol–water partition coefficient (Wildman–Crippen LogP) is 0.931. The normalized spacial score (nSPS) is 22.7. The summed E-state index contributed by atoms with van der Waals surface area (Å²) in [4.78, 5) is 32.9. The zero-order chi connectivity index (χ0) is 13.4. The SMILES string of the molecule is O=C1CC(CS)CN1c1nc2c(c(=O)[nH]1)CCCC2. The highest BCUT2D eigenvalue weighted by atomic mass is 32.1. The van der Waals surface area contributed by atoms with Crippen molar-refractivity contribution in [1.82, 2.24) is 9.97 Å².